The molecule has 32 heavy (non-hydrogen) atoms. The lowest BCUT2D eigenvalue weighted by Crippen LogP contribution is -2.39. The number of carbonyl (C=O) groups is 1. The van der Waals surface area contributed by atoms with Gasteiger partial charge in [-0.1, -0.05) is 29.5 Å². The van der Waals surface area contributed by atoms with Crippen molar-refractivity contribution >= 4 is 34.7 Å². The lowest BCUT2D eigenvalue weighted by molar-refractivity contribution is -0.139. The van der Waals surface area contributed by atoms with Gasteiger partial charge in [0.05, 0.1) is 36.6 Å². The van der Waals surface area contributed by atoms with Crippen molar-refractivity contribution in [2.45, 2.75) is 19.9 Å². The number of benzene rings is 1. The summed E-state index contributed by atoms with van der Waals surface area (Å²) in [6, 6.07) is 8.71. The first-order valence-electron chi connectivity index (χ1n) is 9.94. The minimum atomic E-state index is -0.584. The van der Waals surface area contributed by atoms with Crippen molar-refractivity contribution in [2.24, 2.45) is 4.99 Å². The molecule has 1 unspecified atom stereocenters. The van der Waals surface area contributed by atoms with Crippen LogP contribution in [0.25, 0.3) is 6.08 Å². The van der Waals surface area contributed by atoms with E-state index in [0.717, 1.165) is 4.88 Å². The van der Waals surface area contributed by atoms with Gasteiger partial charge in [-0.15, -0.1) is 11.3 Å². The van der Waals surface area contributed by atoms with Crippen LogP contribution in [0.4, 0.5) is 0 Å². The highest BCUT2D eigenvalue weighted by atomic mass is 32.1. The number of nitrogens with zero attached hydrogens (tertiary/aromatic N) is 2. The molecule has 0 saturated carbocycles. The highest BCUT2D eigenvalue weighted by Crippen LogP contribution is 2.33. The van der Waals surface area contributed by atoms with E-state index in [-0.39, 0.29) is 12.2 Å². The van der Waals surface area contributed by atoms with Crippen LogP contribution in [0.2, 0.25) is 0 Å². The molecule has 0 spiro atoms. The average molecular weight is 471 g/mol. The number of thiophene rings is 1. The van der Waals surface area contributed by atoms with Crippen LogP contribution in [-0.4, -0.2) is 31.4 Å². The maximum atomic E-state index is 13.6. The summed E-state index contributed by atoms with van der Waals surface area (Å²) in [5.41, 5.74) is 1.42. The molecule has 1 atom stereocenters. The predicted octanol–water partition coefficient (Wildman–Crippen LogP) is 2.88. The normalized spacial score (nSPS) is 15.9. The van der Waals surface area contributed by atoms with E-state index in [1.54, 1.807) is 44.8 Å². The number of esters is 1. The van der Waals surface area contributed by atoms with Crippen molar-refractivity contribution in [3.05, 3.63) is 77.1 Å². The van der Waals surface area contributed by atoms with Crippen LogP contribution >= 0.6 is 22.7 Å². The minimum Gasteiger partial charge on any atom is -0.493 e. The van der Waals surface area contributed by atoms with Gasteiger partial charge in [0.2, 0.25) is 0 Å². The standard InChI is InChI=1S/C23H22N2O5S2/c1-5-30-22(27)18-13(2)24-23-25(19(18)16-10-7-11-31-16)21(26)17(32-23)12-14-8-6-9-15(28-3)20(14)29-4/h6-12,19H,5H2,1-4H3/b17-12+. The molecule has 1 aliphatic heterocycles. The molecule has 0 bridgehead atoms. The third kappa shape index (κ3) is 3.78. The molecule has 1 aromatic carbocycles. The van der Waals surface area contributed by atoms with Gasteiger partial charge in [-0.3, -0.25) is 9.36 Å². The molecule has 0 amide bonds. The fourth-order valence-electron chi connectivity index (χ4n) is 3.67. The highest BCUT2D eigenvalue weighted by Gasteiger charge is 2.33. The number of thiazole rings is 1. The Hall–Kier alpha value is -3.17. The van der Waals surface area contributed by atoms with Gasteiger partial charge in [0, 0.05) is 10.4 Å². The van der Waals surface area contributed by atoms with Gasteiger partial charge in [0.15, 0.2) is 16.3 Å². The zero-order valence-electron chi connectivity index (χ0n) is 18.1. The van der Waals surface area contributed by atoms with Gasteiger partial charge in [0.1, 0.15) is 6.04 Å². The van der Waals surface area contributed by atoms with Crippen molar-refractivity contribution in [2.75, 3.05) is 20.8 Å². The van der Waals surface area contributed by atoms with Crippen LogP contribution in [0.5, 0.6) is 11.5 Å². The monoisotopic (exact) mass is 470 g/mol. The summed E-state index contributed by atoms with van der Waals surface area (Å²) in [5, 5.41) is 1.92. The number of methoxy groups -OCH3 is 2. The molecule has 9 heteroatoms. The summed E-state index contributed by atoms with van der Waals surface area (Å²) < 4.78 is 18.2. The molecule has 166 valence electrons. The van der Waals surface area contributed by atoms with Crippen LogP contribution in [-0.2, 0) is 9.53 Å². The second-order valence-electron chi connectivity index (χ2n) is 6.90. The maximum Gasteiger partial charge on any atom is 0.338 e. The molecule has 0 fully saturated rings. The largest absolute Gasteiger partial charge is 0.493 e. The first kappa shape index (κ1) is 22.0. The van der Waals surface area contributed by atoms with E-state index >= 15 is 0 Å². The third-order valence-corrected chi connectivity index (χ3v) is 6.96. The van der Waals surface area contributed by atoms with E-state index in [1.807, 2.05) is 29.6 Å². The lowest BCUT2D eigenvalue weighted by atomic mass is 10.0. The highest BCUT2D eigenvalue weighted by molar-refractivity contribution is 7.10. The molecule has 0 saturated heterocycles. The SMILES string of the molecule is CCOC(=O)C1=C(C)N=c2s/c(=C/c3cccc(OC)c3OC)c(=O)n2C1c1cccs1. The van der Waals surface area contributed by atoms with Crippen molar-refractivity contribution in [1.82, 2.24) is 4.57 Å². The van der Waals surface area contributed by atoms with Crippen LogP contribution in [0.3, 0.4) is 0 Å². The Balaban J connectivity index is 1.95. The van der Waals surface area contributed by atoms with Gasteiger partial charge in [0.25, 0.3) is 5.56 Å². The summed E-state index contributed by atoms with van der Waals surface area (Å²) in [4.78, 5) is 32.3. The molecular weight excluding hydrogens is 448 g/mol. The molecule has 1 aliphatic rings. The number of carbonyl (C=O) groups excluding carboxylic acids is 1. The predicted molar refractivity (Wildman–Crippen MR) is 124 cm³/mol. The third-order valence-electron chi connectivity index (χ3n) is 5.05. The Labute approximate surface area is 192 Å². The number of ether oxygens (including phenoxy) is 3. The molecule has 3 aromatic rings. The number of aromatic nitrogens is 1. The smallest absolute Gasteiger partial charge is 0.338 e. The number of hydrogen-bond acceptors (Lipinski definition) is 8. The number of rotatable bonds is 6. The van der Waals surface area contributed by atoms with E-state index < -0.39 is 12.0 Å². The fourth-order valence-corrected chi connectivity index (χ4v) is 5.54. The molecule has 2 aromatic heterocycles. The Morgan fingerprint density at radius 1 is 1.22 bits per heavy atom. The average Bonchev–Trinajstić information content (AvgIpc) is 3.41. The van der Waals surface area contributed by atoms with Crippen LogP contribution in [0, 0.1) is 0 Å². The maximum absolute atomic E-state index is 13.6. The summed E-state index contributed by atoms with van der Waals surface area (Å²) in [5.74, 6) is 0.654. The van der Waals surface area contributed by atoms with Crippen molar-refractivity contribution in [3.63, 3.8) is 0 Å². The number of hydrogen-bond donors (Lipinski definition) is 0. The Bertz CT molecular complexity index is 1370. The molecule has 0 aliphatic carbocycles. The molecule has 4 rings (SSSR count). The van der Waals surface area contributed by atoms with Crippen LogP contribution in [0.15, 0.2) is 56.8 Å². The van der Waals surface area contributed by atoms with Crippen molar-refractivity contribution in [1.29, 1.82) is 0 Å². The lowest BCUT2D eigenvalue weighted by Gasteiger charge is -2.23. The number of fused-ring (bicyclic) bond motifs is 1. The van der Waals surface area contributed by atoms with Crippen molar-refractivity contribution < 1.29 is 19.0 Å². The van der Waals surface area contributed by atoms with Gasteiger partial charge >= 0.3 is 5.97 Å². The first-order valence-corrected chi connectivity index (χ1v) is 11.6. The summed E-state index contributed by atoms with van der Waals surface area (Å²) in [6.45, 7) is 3.77. The second-order valence-corrected chi connectivity index (χ2v) is 8.89. The van der Waals surface area contributed by atoms with Gasteiger partial charge in [-0.2, -0.15) is 0 Å². The van der Waals surface area contributed by atoms with Gasteiger partial charge in [-0.25, -0.2) is 9.79 Å². The zero-order valence-corrected chi connectivity index (χ0v) is 19.7. The van der Waals surface area contributed by atoms with Gasteiger partial charge < -0.3 is 14.2 Å². The fraction of sp³-hybridized carbons (Fsp3) is 0.261. The Morgan fingerprint density at radius 3 is 2.69 bits per heavy atom. The van der Waals surface area contributed by atoms with E-state index in [9.17, 15) is 9.59 Å². The molecule has 7 nitrogen and oxygen atoms in total. The summed E-state index contributed by atoms with van der Waals surface area (Å²) >= 11 is 2.75. The van der Waals surface area contributed by atoms with E-state index in [1.165, 1.54) is 22.7 Å². The van der Waals surface area contributed by atoms with Crippen LogP contribution in [0.1, 0.15) is 30.3 Å². The molecular formula is C23H22N2O5S2. The topological polar surface area (TPSA) is 79.1 Å². The second kappa shape index (κ2) is 9.13. The van der Waals surface area contributed by atoms with E-state index in [4.69, 9.17) is 14.2 Å². The minimum absolute atomic E-state index is 0.230. The number of allylic oxidation sites excluding steroid dienone is 1. The zero-order chi connectivity index (χ0) is 22.8. The molecule has 3 heterocycles. The summed E-state index contributed by atoms with van der Waals surface area (Å²) in [6.07, 6.45) is 1.76. The molecule has 0 N–H and O–H groups in total. The molecule has 0 radical (unpaired) electrons. The van der Waals surface area contributed by atoms with Gasteiger partial charge in [-0.05, 0) is 37.4 Å². The quantitative estimate of drug-likeness (QED) is 0.518. The number of para-hydroxylation sites is 1. The first-order chi connectivity index (χ1) is 15.5. The van der Waals surface area contributed by atoms with E-state index in [0.29, 0.717) is 37.7 Å². The van der Waals surface area contributed by atoms with E-state index in [2.05, 4.69) is 4.99 Å². The summed E-state index contributed by atoms with van der Waals surface area (Å²) in [7, 11) is 3.12. The Morgan fingerprint density at radius 2 is 2.03 bits per heavy atom. The van der Waals surface area contributed by atoms with Crippen LogP contribution < -0.4 is 24.4 Å². The van der Waals surface area contributed by atoms with Crippen molar-refractivity contribution in [3.8, 4) is 11.5 Å². The Kier molecular flexibility index (Phi) is 6.29.